The minimum absolute atomic E-state index is 0.0920. The van der Waals surface area contributed by atoms with Gasteiger partial charge in [-0.15, -0.1) is 0 Å². The van der Waals surface area contributed by atoms with Crippen LogP contribution in [0.3, 0.4) is 0 Å². The largest absolute Gasteiger partial charge is 0.444 e. The van der Waals surface area contributed by atoms with Gasteiger partial charge >= 0.3 is 6.09 Å². The lowest BCUT2D eigenvalue weighted by molar-refractivity contribution is 0.0487. The van der Waals surface area contributed by atoms with Crippen LogP contribution in [0.25, 0.3) is 22.2 Å². The molecule has 0 unspecified atom stereocenters. The molecular weight excluding hydrogens is 448 g/mol. The zero-order chi connectivity index (χ0) is 25.2. The topological polar surface area (TPSA) is 112 Å². The maximum absolute atomic E-state index is 12.7. The number of methoxy groups -OCH3 is 1. The number of fused-ring (bicyclic) bond motifs is 1. The second kappa shape index (κ2) is 10.4. The number of carbonyl (C=O) groups is 1. The van der Waals surface area contributed by atoms with Crippen LogP contribution in [-0.2, 0) is 9.47 Å². The predicted molar refractivity (Wildman–Crippen MR) is 132 cm³/mol. The Bertz CT molecular complexity index is 1150. The summed E-state index contributed by atoms with van der Waals surface area (Å²) in [6, 6.07) is 5.86. The Morgan fingerprint density at radius 3 is 2.63 bits per heavy atom. The van der Waals surface area contributed by atoms with E-state index in [1.165, 1.54) is 0 Å². The highest BCUT2D eigenvalue weighted by Gasteiger charge is 2.30. The maximum Gasteiger partial charge on any atom is 0.408 e. The highest BCUT2D eigenvalue weighted by atomic mass is 16.6. The van der Waals surface area contributed by atoms with Crippen LogP contribution in [0.1, 0.15) is 76.5 Å². The van der Waals surface area contributed by atoms with Crippen molar-refractivity contribution in [2.45, 2.75) is 83.6 Å². The molecular formula is C26H36N4O5. The molecule has 1 aliphatic rings. The molecule has 0 aliphatic heterocycles. The number of ether oxygens (including phenoxy) is 2. The number of amides is 1. The van der Waals surface area contributed by atoms with Crippen LogP contribution in [0.4, 0.5) is 4.79 Å². The number of aromatic nitrogens is 3. The minimum atomic E-state index is -0.627. The summed E-state index contributed by atoms with van der Waals surface area (Å²) in [6.45, 7) is 7.29. The standard InChI is InChI=1S/C26H36N4O5/c1-16-20(15-34-29-16)17-6-11-23-22(14-17)27-24(30(23)18-7-9-19(33-5)10-8-18)21(12-13-31)28-25(32)35-26(2,3)4/h6,11,14-15,18-19,21,31H,7-10,12-13H2,1-5H3,(H,28,32)/t18-,19-,21-/m0/s1. The van der Waals surface area contributed by atoms with E-state index in [0.717, 1.165) is 59.4 Å². The summed E-state index contributed by atoms with van der Waals surface area (Å²) in [7, 11) is 1.76. The first-order valence-corrected chi connectivity index (χ1v) is 12.3. The van der Waals surface area contributed by atoms with Gasteiger partial charge in [0, 0.05) is 25.3 Å². The number of nitrogens with one attached hydrogen (secondary N) is 1. The van der Waals surface area contributed by atoms with Gasteiger partial charge in [0.05, 0.1) is 28.9 Å². The van der Waals surface area contributed by atoms with Gasteiger partial charge < -0.3 is 29.0 Å². The minimum Gasteiger partial charge on any atom is -0.444 e. The Morgan fingerprint density at radius 2 is 2.03 bits per heavy atom. The number of benzene rings is 1. The zero-order valence-electron chi connectivity index (χ0n) is 21.2. The molecule has 2 aromatic heterocycles. The number of aryl methyl sites for hydroxylation is 1. The predicted octanol–water partition coefficient (Wildman–Crippen LogP) is 5.08. The third-order valence-electron chi connectivity index (χ3n) is 6.54. The van der Waals surface area contributed by atoms with E-state index < -0.39 is 17.7 Å². The quantitative estimate of drug-likeness (QED) is 0.481. The molecule has 1 fully saturated rings. The van der Waals surface area contributed by atoms with Crippen LogP contribution in [0.2, 0.25) is 0 Å². The molecule has 2 heterocycles. The summed E-state index contributed by atoms with van der Waals surface area (Å²) in [5.41, 5.74) is 3.88. The van der Waals surface area contributed by atoms with Crippen LogP contribution in [-0.4, -0.2) is 51.3 Å². The molecule has 1 aromatic carbocycles. The first-order chi connectivity index (χ1) is 16.7. The summed E-state index contributed by atoms with van der Waals surface area (Å²) < 4.78 is 18.5. The second-order valence-corrected chi connectivity index (χ2v) is 10.2. The number of aliphatic hydroxyl groups is 1. The van der Waals surface area contributed by atoms with Crippen molar-refractivity contribution in [3.63, 3.8) is 0 Å². The number of hydrogen-bond acceptors (Lipinski definition) is 7. The summed E-state index contributed by atoms with van der Waals surface area (Å²) in [6.07, 6.45) is 5.51. The number of aliphatic hydroxyl groups excluding tert-OH is 1. The molecule has 0 bridgehead atoms. The number of alkyl carbamates (subject to hydrolysis) is 1. The van der Waals surface area contributed by atoms with Gasteiger partial charge in [-0.3, -0.25) is 0 Å². The van der Waals surface area contributed by atoms with Crippen molar-refractivity contribution in [1.29, 1.82) is 0 Å². The summed E-state index contributed by atoms with van der Waals surface area (Å²) in [5.74, 6) is 0.722. The summed E-state index contributed by atoms with van der Waals surface area (Å²) in [4.78, 5) is 17.7. The van der Waals surface area contributed by atoms with Crippen molar-refractivity contribution >= 4 is 17.1 Å². The molecule has 0 radical (unpaired) electrons. The van der Waals surface area contributed by atoms with E-state index in [-0.39, 0.29) is 18.8 Å². The highest BCUT2D eigenvalue weighted by molar-refractivity contribution is 5.83. The lowest BCUT2D eigenvalue weighted by atomic mass is 9.92. The molecule has 9 heteroatoms. The number of carbonyl (C=O) groups excluding carboxylic acids is 1. The molecule has 2 N–H and O–H groups in total. The number of nitrogens with zero attached hydrogens (tertiary/aromatic N) is 3. The van der Waals surface area contributed by atoms with Crippen LogP contribution in [0.5, 0.6) is 0 Å². The average Bonchev–Trinajstić information content (AvgIpc) is 3.40. The van der Waals surface area contributed by atoms with Gasteiger partial charge in [-0.1, -0.05) is 11.2 Å². The van der Waals surface area contributed by atoms with Gasteiger partial charge in [-0.2, -0.15) is 0 Å². The number of imidazole rings is 1. The fourth-order valence-corrected chi connectivity index (χ4v) is 4.87. The van der Waals surface area contributed by atoms with Crippen molar-refractivity contribution in [1.82, 2.24) is 20.0 Å². The van der Waals surface area contributed by atoms with E-state index in [9.17, 15) is 9.90 Å². The molecule has 1 atom stereocenters. The van der Waals surface area contributed by atoms with Crippen LogP contribution in [0, 0.1) is 6.92 Å². The molecule has 190 valence electrons. The van der Waals surface area contributed by atoms with Gasteiger partial charge in [-0.05, 0) is 77.5 Å². The molecule has 4 rings (SSSR count). The van der Waals surface area contributed by atoms with Crippen molar-refractivity contribution in [2.75, 3.05) is 13.7 Å². The van der Waals surface area contributed by atoms with Gasteiger partial charge in [0.15, 0.2) is 0 Å². The molecule has 1 amide bonds. The molecule has 3 aromatic rings. The number of rotatable bonds is 7. The molecule has 1 aliphatic carbocycles. The first-order valence-electron chi connectivity index (χ1n) is 12.3. The fraction of sp³-hybridized carbons (Fsp3) is 0.577. The third-order valence-corrected chi connectivity index (χ3v) is 6.54. The van der Waals surface area contributed by atoms with Gasteiger partial charge in [0.2, 0.25) is 0 Å². The lowest BCUT2D eigenvalue weighted by Gasteiger charge is -2.31. The van der Waals surface area contributed by atoms with Crippen molar-refractivity contribution in [3.05, 3.63) is 36.0 Å². The van der Waals surface area contributed by atoms with Crippen LogP contribution >= 0.6 is 0 Å². The number of hydrogen-bond donors (Lipinski definition) is 2. The average molecular weight is 485 g/mol. The lowest BCUT2D eigenvalue weighted by Crippen LogP contribution is -2.37. The second-order valence-electron chi connectivity index (χ2n) is 10.2. The highest BCUT2D eigenvalue weighted by Crippen LogP contribution is 2.37. The van der Waals surface area contributed by atoms with E-state index in [1.54, 1.807) is 13.4 Å². The normalized spacial score (nSPS) is 19.6. The van der Waals surface area contributed by atoms with Gasteiger partial charge in [0.25, 0.3) is 0 Å². The monoisotopic (exact) mass is 484 g/mol. The molecule has 35 heavy (non-hydrogen) atoms. The molecule has 9 nitrogen and oxygen atoms in total. The van der Waals surface area contributed by atoms with E-state index in [1.807, 2.05) is 39.8 Å². The summed E-state index contributed by atoms with van der Waals surface area (Å²) in [5, 5.41) is 16.8. The Kier molecular flexibility index (Phi) is 7.47. The maximum atomic E-state index is 12.7. The first kappa shape index (κ1) is 25.2. The molecule has 0 saturated heterocycles. The van der Waals surface area contributed by atoms with Crippen molar-refractivity contribution < 1.29 is 23.9 Å². The Balaban J connectivity index is 1.76. The third kappa shape index (κ3) is 5.67. The van der Waals surface area contributed by atoms with Gasteiger partial charge in [0.1, 0.15) is 17.7 Å². The molecule has 0 spiro atoms. The fourth-order valence-electron chi connectivity index (χ4n) is 4.87. The van der Waals surface area contributed by atoms with E-state index in [0.29, 0.717) is 6.42 Å². The Labute approximate surface area is 205 Å². The SMILES string of the molecule is CO[C@H]1CC[C@H](n2c([C@H](CCO)NC(=O)OC(C)(C)C)nc3cc(-c4conc4C)ccc32)CC1. The van der Waals surface area contributed by atoms with E-state index >= 15 is 0 Å². The Hall–Kier alpha value is -2.91. The van der Waals surface area contributed by atoms with Crippen molar-refractivity contribution in [2.24, 2.45) is 0 Å². The summed E-state index contributed by atoms with van der Waals surface area (Å²) >= 11 is 0. The Morgan fingerprint density at radius 1 is 1.29 bits per heavy atom. The van der Waals surface area contributed by atoms with Crippen LogP contribution < -0.4 is 5.32 Å². The van der Waals surface area contributed by atoms with Crippen molar-refractivity contribution in [3.8, 4) is 11.1 Å². The zero-order valence-corrected chi connectivity index (χ0v) is 21.2. The van der Waals surface area contributed by atoms with E-state index in [2.05, 4.69) is 21.1 Å². The smallest absolute Gasteiger partial charge is 0.408 e. The molecule has 1 saturated carbocycles. The van der Waals surface area contributed by atoms with E-state index in [4.69, 9.17) is 19.0 Å². The van der Waals surface area contributed by atoms with Gasteiger partial charge in [-0.25, -0.2) is 9.78 Å². The van der Waals surface area contributed by atoms with Crippen LogP contribution in [0.15, 0.2) is 29.0 Å².